The zero-order chi connectivity index (χ0) is 13.3. The SMILES string of the molecule is Clc1ccc(Cl)c(C(Cl)c2ccc(Br)c(Cl)c2)c1. The molecule has 0 N–H and O–H groups in total. The van der Waals surface area contributed by atoms with Crippen molar-refractivity contribution in [2.45, 2.75) is 5.38 Å². The van der Waals surface area contributed by atoms with Crippen LogP contribution in [-0.4, -0.2) is 0 Å². The highest BCUT2D eigenvalue weighted by atomic mass is 79.9. The minimum Gasteiger partial charge on any atom is -0.113 e. The van der Waals surface area contributed by atoms with E-state index in [0.717, 1.165) is 15.6 Å². The molecule has 2 aromatic carbocycles. The molecule has 1 atom stereocenters. The van der Waals surface area contributed by atoms with E-state index < -0.39 is 0 Å². The fraction of sp³-hybridized carbons (Fsp3) is 0.0769. The van der Waals surface area contributed by atoms with Crippen LogP contribution < -0.4 is 0 Å². The second-order valence-corrected chi connectivity index (χ2v) is 6.24. The number of benzene rings is 2. The molecule has 1 unspecified atom stereocenters. The Bertz CT molecular complexity index is 583. The lowest BCUT2D eigenvalue weighted by molar-refractivity contribution is 1.14. The number of halogens is 5. The third kappa shape index (κ3) is 3.15. The van der Waals surface area contributed by atoms with Gasteiger partial charge in [-0.3, -0.25) is 0 Å². The molecule has 5 heteroatoms. The molecule has 0 aliphatic carbocycles. The first-order chi connectivity index (χ1) is 8.49. The fourth-order valence-corrected chi connectivity index (χ4v) is 2.77. The first kappa shape index (κ1) is 14.5. The largest absolute Gasteiger partial charge is 0.113 e. The molecule has 2 aromatic rings. The Morgan fingerprint density at radius 3 is 2.28 bits per heavy atom. The van der Waals surface area contributed by atoms with Crippen molar-refractivity contribution in [2.75, 3.05) is 0 Å². The standard InChI is InChI=1S/C13H7BrCl4/c14-10-3-1-7(5-12(10)17)13(18)9-6-8(15)2-4-11(9)16/h1-6,13H. The number of hydrogen-bond acceptors (Lipinski definition) is 0. The van der Waals surface area contributed by atoms with Gasteiger partial charge in [0.2, 0.25) is 0 Å². The number of rotatable bonds is 2. The zero-order valence-corrected chi connectivity index (χ0v) is 13.5. The van der Waals surface area contributed by atoms with E-state index in [1.165, 1.54) is 0 Å². The first-order valence-corrected chi connectivity index (χ1v) is 7.39. The lowest BCUT2D eigenvalue weighted by atomic mass is 10.0. The van der Waals surface area contributed by atoms with E-state index in [1.54, 1.807) is 24.3 Å². The Balaban J connectivity index is 2.44. The summed E-state index contributed by atoms with van der Waals surface area (Å²) in [4.78, 5) is 0. The molecule has 0 amide bonds. The quantitative estimate of drug-likeness (QED) is 0.503. The minimum absolute atomic E-state index is 0.387. The van der Waals surface area contributed by atoms with Crippen LogP contribution in [0.3, 0.4) is 0 Å². The summed E-state index contributed by atoms with van der Waals surface area (Å²) in [5, 5.41) is 1.40. The lowest BCUT2D eigenvalue weighted by Gasteiger charge is -2.13. The van der Waals surface area contributed by atoms with Crippen LogP contribution in [-0.2, 0) is 0 Å². The van der Waals surface area contributed by atoms with E-state index >= 15 is 0 Å². The van der Waals surface area contributed by atoms with E-state index in [4.69, 9.17) is 46.4 Å². The molecule has 0 aliphatic rings. The van der Waals surface area contributed by atoms with Gasteiger partial charge >= 0.3 is 0 Å². The molecule has 0 saturated carbocycles. The van der Waals surface area contributed by atoms with E-state index in [-0.39, 0.29) is 5.38 Å². The summed E-state index contributed by atoms with van der Waals surface area (Å²) < 4.78 is 0.828. The summed E-state index contributed by atoms with van der Waals surface area (Å²) in [5.74, 6) is 0. The second kappa shape index (κ2) is 6.02. The van der Waals surface area contributed by atoms with Gasteiger partial charge < -0.3 is 0 Å². The number of alkyl halides is 1. The van der Waals surface area contributed by atoms with Crippen molar-refractivity contribution in [3.63, 3.8) is 0 Å². The monoisotopic (exact) mass is 382 g/mol. The number of hydrogen-bond donors (Lipinski definition) is 0. The van der Waals surface area contributed by atoms with E-state index in [1.807, 2.05) is 12.1 Å². The first-order valence-electron chi connectivity index (χ1n) is 5.03. The predicted octanol–water partition coefficient (Wildman–Crippen LogP) is 6.74. The van der Waals surface area contributed by atoms with Crippen molar-refractivity contribution in [1.82, 2.24) is 0 Å². The summed E-state index contributed by atoms with van der Waals surface area (Å²) in [6.07, 6.45) is 0. The molecule has 94 valence electrons. The van der Waals surface area contributed by atoms with Crippen molar-refractivity contribution in [2.24, 2.45) is 0 Å². The highest BCUT2D eigenvalue weighted by molar-refractivity contribution is 9.10. The molecule has 2 rings (SSSR count). The van der Waals surface area contributed by atoms with Crippen molar-refractivity contribution in [1.29, 1.82) is 0 Å². The van der Waals surface area contributed by atoms with Gasteiger partial charge in [0.15, 0.2) is 0 Å². The maximum atomic E-state index is 6.42. The highest BCUT2D eigenvalue weighted by Crippen LogP contribution is 2.37. The van der Waals surface area contributed by atoms with Crippen LogP contribution in [0.25, 0.3) is 0 Å². The normalized spacial score (nSPS) is 12.5. The Hall–Kier alpha value is 0.0800. The average molecular weight is 385 g/mol. The second-order valence-electron chi connectivity index (χ2n) is 3.70. The van der Waals surface area contributed by atoms with Crippen molar-refractivity contribution in [3.05, 3.63) is 67.1 Å². The molecule has 0 aliphatic heterocycles. The van der Waals surface area contributed by atoms with Crippen molar-refractivity contribution >= 4 is 62.3 Å². The van der Waals surface area contributed by atoms with Gasteiger partial charge in [0.25, 0.3) is 0 Å². The Morgan fingerprint density at radius 1 is 0.889 bits per heavy atom. The van der Waals surface area contributed by atoms with Crippen LogP contribution in [0.4, 0.5) is 0 Å². The summed E-state index contributed by atoms with van der Waals surface area (Å²) >= 11 is 27.9. The van der Waals surface area contributed by atoms with Crippen molar-refractivity contribution in [3.8, 4) is 0 Å². The zero-order valence-electron chi connectivity index (χ0n) is 8.93. The van der Waals surface area contributed by atoms with Gasteiger partial charge in [-0.1, -0.05) is 40.9 Å². The molecule has 18 heavy (non-hydrogen) atoms. The van der Waals surface area contributed by atoms with Gasteiger partial charge in [0.05, 0.1) is 10.4 Å². The van der Waals surface area contributed by atoms with Crippen molar-refractivity contribution < 1.29 is 0 Å². The maximum absolute atomic E-state index is 6.42. The summed E-state index contributed by atoms with van der Waals surface area (Å²) in [6, 6.07) is 10.8. The highest BCUT2D eigenvalue weighted by Gasteiger charge is 2.15. The summed E-state index contributed by atoms with van der Waals surface area (Å²) in [7, 11) is 0. The topological polar surface area (TPSA) is 0 Å². The minimum atomic E-state index is -0.387. The van der Waals surface area contributed by atoms with Gasteiger partial charge in [0.1, 0.15) is 0 Å². The third-order valence-electron chi connectivity index (χ3n) is 2.47. The molecular formula is C13H7BrCl4. The van der Waals surface area contributed by atoms with Crippen LogP contribution in [0.5, 0.6) is 0 Å². The molecule has 0 heterocycles. The van der Waals surface area contributed by atoms with Crippen LogP contribution in [0.2, 0.25) is 15.1 Å². The van der Waals surface area contributed by atoms with Gasteiger partial charge in [-0.2, -0.15) is 0 Å². The van der Waals surface area contributed by atoms with Gasteiger partial charge in [-0.05, 0) is 57.4 Å². The van der Waals surface area contributed by atoms with Gasteiger partial charge in [-0.25, -0.2) is 0 Å². The van der Waals surface area contributed by atoms with E-state index in [9.17, 15) is 0 Å². The molecule has 0 bridgehead atoms. The maximum Gasteiger partial charge on any atom is 0.0850 e. The van der Waals surface area contributed by atoms with Crippen LogP contribution in [0.1, 0.15) is 16.5 Å². The average Bonchev–Trinajstić information content (AvgIpc) is 2.35. The van der Waals surface area contributed by atoms with Crippen LogP contribution >= 0.6 is 62.3 Å². The molecule has 0 nitrogen and oxygen atoms in total. The summed E-state index contributed by atoms with van der Waals surface area (Å²) in [5.41, 5.74) is 1.64. The van der Waals surface area contributed by atoms with E-state index in [2.05, 4.69) is 15.9 Å². The fourth-order valence-electron chi connectivity index (χ4n) is 1.56. The molecule has 0 aromatic heterocycles. The van der Waals surface area contributed by atoms with Crippen LogP contribution in [0.15, 0.2) is 40.9 Å². The smallest absolute Gasteiger partial charge is 0.0850 e. The predicted molar refractivity (Wildman–Crippen MR) is 83.3 cm³/mol. The Kier molecular flexibility index (Phi) is 4.85. The Labute approximate surface area is 134 Å². The Morgan fingerprint density at radius 2 is 1.61 bits per heavy atom. The van der Waals surface area contributed by atoms with Gasteiger partial charge in [-0.15, -0.1) is 11.6 Å². The molecule has 0 saturated heterocycles. The molecule has 0 spiro atoms. The van der Waals surface area contributed by atoms with E-state index in [0.29, 0.717) is 15.1 Å². The molecular weight excluding hydrogens is 378 g/mol. The molecule has 0 fully saturated rings. The molecule has 0 radical (unpaired) electrons. The summed E-state index contributed by atoms with van der Waals surface area (Å²) in [6.45, 7) is 0. The van der Waals surface area contributed by atoms with Crippen LogP contribution in [0, 0.1) is 0 Å². The lowest BCUT2D eigenvalue weighted by Crippen LogP contribution is -1.94. The van der Waals surface area contributed by atoms with Gasteiger partial charge in [0, 0.05) is 14.5 Å². The third-order valence-corrected chi connectivity index (χ3v) is 4.77.